The molecule has 1 atom stereocenters. The minimum atomic E-state index is -0.599. The third-order valence-corrected chi connectivity index (χ3v) is 5.95. The average Bonchev–Trinajstić information content (AvgIpc) is 3.11. The lowest BCUT2D eigenvalue weighted by Gasteiger charge is -2.18. The number of anilines is 2. The van der Waals surface area contributed by atoms with E-state index in [0.717, 1.165) is 5.56 Å². The number of benzene rings is 2. The van der Waals surface area contributed by atoms with Gasteiger partial charge < -0.3 is 5.32 Å². The van der Waals surface area contributed by atoms with E-state index in [2.05, 4.69) is 10.3 Å². The third-order valence-electron chi connectivity index (χ3n) is 4.69. The Morgan fingerprint density at radius 2 is 1.71 bits per heavy atom. The first kappa shape index (κ1) is 20.4. The number of aromatic nitrogens is 1. The predicted octanol–water partition coefficient (Wildman–Crippen LogP) is 4.15. The van der Waals surface area contributed by atoms with Gasteiger partial charge in [0.15, 0.2) is 0 Å². The summed E-state index contributed by atoms with van der Waals surface area (Å²) in [4.78, 5) is 31.8. The first-order chi connectivity index (χ1) is 15.2. The van der Waals surface area contributed by atoms with Crippen molar-refractivity contribution >= 4 is 35.1 Å². The summed E-state index contributed by atoms with van der Waals surface area (Å²) in [5, 5.41) is 12.3. The van der Waals surface area contributed by atoms with Gasteiger partial charge in [-0.05, 0) is 36.2 Å². The summed E-state index contributed by atoms with van der Waals surface area (Å²) in [7, 11) is 0. The highest BCUT2D eigenvalue weighted by Crippen LogP contribution is 2.41. The van der Waals surface area contributed by atoms with Crippen molar-refractivity contribution in [1.82, 2.24) is 4.98 Å². The van der Waals surface area contributed by atoms with Crippen LogP contribution in [0.25, 0.3) is 0 Å². The maximum absolute atomic E-state index is 13.3. The first-order valence-corrected chi connectivity index (χ1v) is 10.5. The van der Waals surface area contributed by atoms with E-state index in [1.165, 1.54) is 16.7 Å². The van der Waals surface area contributed by atoms with Crippen LogP contribution in [-0.4, -0.2) is 22.0 Å². The smallest absolute Gasteiger partial charge is 0.270 e. The molecule has 1 N–H and O–H groups in total. The monoisotopic (exact) mass is 426 g/mol. The molecule has 6 nitrogen and oxygen atoms in total. The largest absolute Gasteiger partial charge is 0.306 e. The molecule has 7 heteroatoms. The molecule has 0 bridgehead atoms. The lowest BCUT2D eigenvalue weighted by Crippen LogP contribution is -2.30. The van der Waals surface area contributed by atoms with Gasteiger partial charge in [0.25, 0.3) is 5.91 Å². The Kier molecular flexibility index (Phi) is 6.11. The zero-order valence-corrected chi connectivity index (χ0v) is 17.3. The molecule has 0 unspecified atom stereocenters. The fourth-order valence-electron chi connectivity index (χ4n) is 3.24. The van der Waals surface area contributed by atoms with Gasteiger partial charge in [-0.3, -0.25) is 14.5 Å². The molecule has 152 valence electrons. The lowest BCUT2D eigenvalue weighted by molar-refractivity contribution is -0.117. The van der Waals surface area contributed by atoms with Crippen molar-refractivity contribution < 1.29 is 9.59 Å². The maximum atomic E-state index is 13.3. The Morgan fingerprint density at radius 3 is 2.35 bits per heavy atom. The number of hydrogen-bond acceptors (Lipinski definition) is 5. The summed E-state index contributed by atoms with van der Waals surface area (Å²) < 4.78 is 0. The van der Waals surface area contributed by atoms with Crippen molar-refractivity contribution in [3.05, 3.63) is 101 Å². The molecule has 4 rings (SSSR count). The molecule has 2 amide bonds. The van der Waals surface area contributed by atoms with Gasteiger partial charge in [-0.2, -0.15) is 5.26 Å². The number of nitriles is 1. The molecular weight excluding hydrogens is 408 g/mol. The Bertz CT molecular complexity index is 1160. The number of rotatable bonds is 5. The van der Waals surface area contributed by atoms with Gasteiger partial charge in [-0.1, -0.05) is 66.4 Å². The summed E-state index contributed by atoms with van der Waals surface area (Å²) >= 11 is 1.24. The van der Waals surface area contributed by atoms with Gasteiger partial charge in [-0.15, -0.1) is 0 Å². The van der Waals surface area contributed by atoms with Crippen molar-refractivity contribution in [2.45, 2.75) is 11.7 Å². The number of hydrogen-bond donors (Lipinski definition) is 1. The summed E-state index contributed by atoms with van der Waals surface area (Å²) in [5.41, 5.74) is 1.51. The molecule has 0 spiro atoms. The molecule has 1 aliphatic rings. The van der Waals surface area contributed by atoms with Gasteiger partial charge in [0.2, 0.25) is 5.91 Å². The Hall–Kier alpha value is -3.89. The van der Waals surface area contributed by atoms with Crippen molar-refractivity contribution in [3.8, 4) is 6.07 Å². The number of carbonyl (C=O) groups is 2. The standard InChI is InChI=1S/C24H18N4O2S/c25-16-19(22(29)27-21-13-7-8-14-26-21)24-28(18-11-5-2-6-12-18)23(30)20(31-24)15-17-9-3-1-4-10-17/h1-14,20H,15H2,(H,26,27,29)/b24-19-/t20-/m1/s1. The van der Waals surface area contributed by atoms with Crippen LogP contribution in [0.1, 0.15) is 5.56 Å². The van der Waals surface area contributed by atoms with Crippen LogP contribution in [0, 0.1) is 11.3 Å². The highest BCUT2D eigenvalue weighted by atomic mass is 32.2. The molecule has 31 heavy (non-hydrogen) atoms. The van der Waals surface area contributed by atoms with E-state index < -0.39 is 11.2 Å². The number of amides is 2. The third kappa shape index (κ3) is 4.49. The second kappa shape index (κ2) is 9.28. The average molecular weight is 427 g/mol. The fourth-order valence-corrected chi connectivity index (χ4v) is 4.55. The highest BCUT2D eigenvalue weighted by Gasteiger charge is 2.40. The number of nitrogens with one attached hydrogen (secondary N) is 1. The van der Waals surface area contributed by atoms with Crippen molar-refractivity contribution in [1.29, 1.82) is 5.26 Å². The van der Waals surface area contributed by atoms with E-state index in [1.54, 1.807) is 36.5 Å². The maximum Gasteiger partial charge on any atom is 0.270 e. The lowest BCUT2D eigenvalue weighted by atomic mass is 10.1. The number of thioether (sulfide) groups is 1. The molecule has 1 aliphatic heterocycles. The van der Waals surface area contributed by atoms with Crippen LogP contribution in [0.2, 0.25) is 0 Å². The van der Waals surface area contributed by atoms with E-state index in [9.17, 15) is 14.9 Å². The summed E-state index contributed by atoms with van der Waals surface area (Å²) in [6.07, 6.45) is 2.05. The van der Waals surface area contributed by atoms with Crippen LogP contribution in [-0.2, 0) is 16.0 Å². The molecule has 0 aliphatic carbocycles. The topological polar surface area (TPSA) is 86.1 Å². The van der Waals surface area contributed by atoms with Crippen LogP contribution < -0.4 is 10.2 Å². The second-order valence-electron chi connectivity index (χ2n) is 6.77. The molecule has 1 fully saturated rings. The van der Waals surface area contributed by atoms with E-state index in [4.69, 9.17) is 0 Å². The van der Waals surface area contributed by atoms with Gasteiger partial charge >= 0.3 is 0 Å². The molecule has 2 aromatic carbocycles. The van der Waals surface area contributed by atoms with Crippen molar-refractivity contribution in [2.75, 3.05) is 10.2 Å². The Morgan fingerprint density at radius 1 is 1.03 bits per heavy atom. The van der Waals surface area contributed by atoms with Crippen LogP contribution in [0.15, 0.2) is 95.7 Å². The highest BCUT2D eigenvalue weighted by molar-refractivity contribution is 8.05. The summed E-state index contributed by atoms with van der Waals surface area (Å²) in [6, 6.07) is 25.8. The van der Waals surface area contributed by atoms with Gasteiger partial charge in [0.1, 0.15) is 22.5 Å². The normalized spacial score (nSPS) is 17.2. The number of carbonyl (C=O) groups excluding carboxylic acids is 2. The van der Waals surface area contributed by atoms with E-state index in [1.807, 2.05) is 54.6 Å². The molecular formula is C24H18N4O2S. The van der Waals surface area contributed by atoms with Crippen LogP contribution in [0.3, 0.4) is 0 Å². The van der Waals surface area contributed by atoms with Crippen LogP contribution in [0.5, 0.6) is 0 Å². The van der Waals surface area contributed by atoms with Gasteiger partial charge in [0, 0.05) is 11.9 Å². The summed E-state index contributed by atoms with van der Waals surface area (Å²) in [5.74, 6) is -0.423. The number of pyridine rings is 1. The molecule has 0 saturated carbocycles. The van der Waals surface area contributed by atoms with Gasteiger partial charge in [0.05, 0.1) is 5.25 Å². The zero-order valence-electron chi connectivity index (χ0n) is 16.4. The SMILES string of the molecule is N#C/C(C(=O)Nc1ccccn1)=C1/S[C@H](Cc2ccccc2)C(=O)N1c1ccccc1. The minimum absolute atomic E-state index is 0.122. The van der Waals surface area contributed by atoms with Crippen LogP contribution in [0.4, 0.5) is 11.5 Å². The molecule has 2 heterocycles. The predicted molar refractivity (Wildman–Crippen MR) is 121 cm³/mol. The van der Waals surface area contributed by atoms with E-state index in [0.29, 0.717) is 23.0 Å². The first-order valence-electron chi connectivity index (χ1n) is 9.63. The number of nitrogens with zero attached hydrogens (tertiary/aromatic N) is 3. The van der Waals surface area contributed by atoms with Crippen molar-refractivity contribution in [3.63, 3.8) is 0 Å². The van der Waals surface area contributed by atoms with E-state index in [-0.39, 0.29) is 11.5 Å². The zero-order chi connectivity index (χ0) is 21.6. The molecule has 3 aromatic rings. The molecule has 1 aromatic heterocycles. The fraction of sp³-hybridized carbons (Fsp3) is 0.0833. The Balaban J connectivity index is 1.71. The van der Waals surface area contributed by atoms with E-state index >= 15 is 0 Å². The molecule has 0 radical (unpaired) electrons. The minimum Gasteiger partial charge on any atom is -0.306 e. The quantitative estimate of drug-likeness (QED) is 0.489. The number of para-hydroxylation sites is 1. The Labute approximate surface area is 184 Å². The second-order valence-corrected chi connectivity index (χ2v) is 7.96. The molecule has 1 saturated heterocycles. The summed E-state index contributed by atoms with van der Waals surface area (Å²) in [6.45, 7) is 0. The van der Waals surface area contributed by atoms with Crippen LogP contribution >= 0.6 is 11.8 Å². The van der Waals surface area contributed by atoms with Crippen molar-refractivity contribution in [2.24, 2.45) is 0 Å². The van der Waals surface area contributed by atoms with Gasteiger partial charge in [-0.25, -0.2) is 4.98 Å².